The molecule has 0 spiro atoms. The summed E-state index contributed by atoms with van der Waals surface area (Å²) in [4.78, 5) is 29.8. The second kappa shape index (κ2) is 5.99. The van der Waals surface area contributed by atoms with Gasteiger partial charge in [0.05, 0.1) is 5.90 Å². The molecule has 0 aliphatic carbocycles. The Morgan fingerprint density at radius 1 is 1.19 bits per heavy atom. The molecule has 16 heavy (non-hydrogen) atoms. The molecule has 0 aliphatic heterocycles. The van der Waals surface area contributed by atoms with E-state index in [0.717, 1.165) is 0 Å². The third-order valence-corrected chi connectivity index (χ3v) is 4.64. The number of hydrogen-bond acceptors (Lipinski definition) is 5. The molecular weight excluding hydrogens is 298 g/mol. The van der Waals surface area contributed by atoms with Crippen molar-refractivity contribution in [2.75, 3.05) is 5.90 Å². The van der Waals surface area contributed by atoms with E-state index in [2.05, 4.69) is 4.52 Å². The fourth-order valence-electron chi connectivity index (χ4n) is 0.890. The minimum atomic E-state index is -4.87. The molecule has 9 heteroatoms. The van der Waals surface area contributed by atoms with Crippen molar-refractivity contribution in [2.24, 2.45) is 0 Å². The molecule has 0 amide bonds. The van der Waals surface area contributed by atoms with E-state index in [4.69, 9.17) is 4.89 Å². The summed E-state index contributed by atoms with van der Waals surface area (Å²) in [5.41, 5.74) is 0. The second-order valence-corrected chi connectivity index (χ2v) is 6.60. The Balaban J connectivity index is 0.00000225. The average Bonchev–Trinajstić information content (AvgIpc) is 1.99. The molecule has 1 aromatic rings. The van der Waals surface area contributed by atoms with Crippen LogP contribution in [0.4, 0.5) is 0 Å². The Morgan fingerprint density at radius 2 is 1.69 bits per heavy atom. The van der Waals surface area contributed by atoms with Gasteiger partial charge in [0, 0.05) is 0 Å². The second-order valence-electron chi connectivity index (χ2n) is 2.79. The first kappa shape index (κ1) is 15.9. The summed E-state index contributed by atoms with van der Waals surface area (Å²) in [5, 5.41) is 0. The normalized spacial score (nSPS) is 17.7. The van der Waals surface area contributed by atoms with Crippen molar-refractivity contribution in [2.45, 2.75) is 0 Å². The Bertz CT molecular complexity index is 416. The van der Waals surface area contributed by atoms with Crippen LogP contribution < -0.4 is 14.3 Å². The third kappa shape index (κ3) is 6.46. The van der Waals surface area contributed by atoms with E-state index < -0.39 is 21.1 Å². The van der Waals surface area contributed by atoms with Crippen LogP contribution in [0.2, 0.25) is 0 Å². The molecule has 0 saturated heterocycles. The molecular formula is C7H8FeO6P2. The van der Waals surface area contributed by atoms with Gasteiger partial charge in [-0.3, -0.25) is 4.57 Å². The molecule has 0 bridgehead atoms. The van der Waals surface area contributed by atoms with E-state index in [0.29, 0.717) is 0 Å². The standard InChI is InChI=1S/C7H10O6P2.Fe/c8-14(9,10)6-15(11,12)13-7-4-2-1-3-5-7;/h1-5H,6H2,(H,11,12)(H2,8,9,10);/q;+2/p-2. The van der Waals surface area contributed by atoms with Crippen LogP contribution in [0.25, 0.3) is 0 Å². The van der Waals surface area contributed by atoms with Crippen molar-refractivity contribution in [3.63, 3.8) is 0 Å². The van der Waals surface area contributed by atoms with E-state index in [1.54, 1.807) is 6.07 Å². The zero-order chi connectivity index (χ0) is 11.5. The summed E-state index contributed by atoms with van der Waals surface area (Å²) in [6.45, 7) is 0. The van der Waals surface area contributed by atoms with Crippen molar-refractivity contribution in [1.82, 2.24) is 0 Å². The van der Waals surface area contributed by atoms with Gasteiger partial charge in [-0.15, -0.1) is 0 Å². The molecule has 0 heterocycles. The van der Waals surface area contributed by atoms with Gasteiger partial charge in [-0.2, -0.15) is 0 Å². The van der Waals surface area contributed by atoms with E-state index >= 15 is 0 Å². The zero-order valence-corrected chi connectivity index (χ0v) is 10.7. The van der Waals surface area contributed by atoms with Crippen LogP contribution in [0.3, 0.4) is 0 Å². The number of para-hydroxylation sites is 1. The molecule has 1 N–H and O–H groups in total. The van der Waals surface area contributed by atoms with Gasteiger partial charge in [0.15, 0.2) is 7.60 Å². The summed E-state index contributed by atoms with van der Waals surface area (Å²) in [6, 6.07) is 7.43. The van der Waals surface area contributed by atoms with Crippen molar-refractivity contribution in [3.8, 4) is 5.75 Å². The number of rotatable bonds is 4. The van der Waals surface area contributed by atoms with E-state index in [1.165, 1.54) is 24.3 Å². The van der Waals surface area contributed by atoms with E-state index in [9.17, 15) is 18.9 Å². The SMILES string of the molecule is O=P([O-])(O)CP(=O)([O-])Oc1ccccc1.[Fe+2]. The largest absolute Gasteiger partial charge is 2.00 e. The van der Waals surface area contributed by atoms with Gasteiger partial charge >= 0.3 is 17.1 Å². The molecule has 0 fully saturated rings. The molecule has 0 saturated carbocycles. The van der Waals surface area contributed by atoms with Crippen molar-refractivity contribution >= 4 is 15.2 Å². The summed E-state index contributed by atoms with van der Waals surface area (Å²) in [6.07, 6.45) is 0. The summed E-state index contributed by atoms with van der Waals surface area (Å²) in [7, 11) is -9.49. The van der Waals surface area contributed by atoms with Gasteiger partial charge in [-0.05, 0) is 12.1 Å². The van der Waals surface area contributed by atoms with Gasteiger partial charge in [-0.25, -0.2) is 0 Å². The number of benzene rings is 1. The monoisotopic (exact) mass is 306 g/mol. The Hall–Kier alpha value is -0.121. The fraction of sp³-hybridized carbons (Fsp3) is 0.143. The molecule has 1 aromatic carbocycles. The Labute approximate surface area is 103 Å². The zero-order valence-electron chi connectivity index (χ0n) is 7.83. The van der Waals surface area contributed by atoms with Gasteiger partial charge in [0.25, 0.3) is 0 Å². The topological polar surface area (TPSA) is 110 Å². The molecule has 6 nitrogen and oxygen atoms in total. The predicted octanol–water partition coefficient (Wildman–Crippen LogP) is 0.119. The minimum absolute atomic E-state index is 0. The maximum absolute atomic E-state index is 11.1. The number of hydrogen-bond donors (Lipinski definition) is 1. The third-order valence-electron chi connectivity index (χ3n) is 1.34. The van der Waals surface area contributed by atoms with Crippen molar-refractivity contribution in [3.05, 3.63) is 30.3 Å². The van der Waals surface area contributed by atoms with Crippen molar-refractivity contribution < 1.29 is 45.4 Å². The molecule has 90 valence electrons. The first-order chi connectivity index (χ1) is 6.79. The van der Waals surface area contributed by atoms with Crippen LogP contribution >= 0.6 is 15.2 Å². The smallest absolute Gasteiger partial charge is 0.778 e. The quantitative estimate of drug-likeness (QED) is 0.625. The Morgan fingerprint density at radius 3 is 2.12 bits per heavy atom. The van der Waals surface area contributed by atoms with E-state index in [-0.39, 0.29) is 22.8 Å². The van der Waals surface area contributed by atoms with Crippen LogP contribution in [-0.2, 0) is 26.2 Å². The van der Waals surface area contributed by atoms with Crippen LogP contribution in [0, 0.1) is 0 Å². The minimum Gasteiger partial charge on any atom is -0.778 e. The summed E-state index contributed by atoms with van der Waals surface area (Å²) < 4.78 is 25.9. The molecule has 1 rings (SSSR count). The van der Waals surface area contributed by atoms with Crippen molar-refractivity contribution in [1.29, 1.82) is 0 Å². The molecule has 0 radical (unpaired) electrons. The molecule has 0 aliphatic rings. The fourth-order valence-corrected chi connectivity index (χ4v) is 3.31. The van der Waals surface area contributed by atoms with Gasteiger partial charge < -0.3 is 23.8 Å². The molecule has 2 unspecified atom stereocenters. The van der Waals surface area contributed by atoms with Gasteiger partial charge in [0.1, 0.15) is 13.3 Å². The first-order valence-corrected chi connectivity index (χ1v) is 7.35. The molecule has 2 atom stereocenters. The van der Waals surface area contributed by atoms with E-state index in [1.807, 2.05) is 0 Å². The summed E-state index contributed by atoms with van der Waals surface area (Å²) >= 11 is 0. The van der Waals surface area contributed by atoms with Crippen LogP contribution in [0.15, 0.2) is 30.3 Å². The van der Waals surface area contributed by atoms with Gasteiger partial charge in [-0.1, -0.05) is 18.2 Å². The maximum atomic E-state index is 11.1. The molecule has 0 aromatic heterocycles. The van der Waals surface area contributed by atoms with Crippen LogP contribution in [0.1, 0.15) is 0 Å². The first-order valence-electron chi connectivity index (χ1n) is 3.86. The van der Waals surface area contributed by atoms with Gasteiger partial charge in [0.2, 0.25) is 0 Å². The van der Waals surface area contributed by atoms with Crippen LogP contribution in [0.5, 0.6) is 5.75 Å². The predicted molar refractivity (Wildman–Crippen MR) is 49.4 cm³/mol. The maximum Gasteiger partial charge on any atom is 2.00 e. The van der Waals surface area contributed by atoms with Crippen LogP contribution in [-0.4, -0.2) is 10.8 Å². The average molecular weight is 306 g/mol. The summed E-state index contributed by atoms with van der Waals surface area (Å²) in [5.74, 6) is -1.40. The Kier molecular flexibility index (Phi) is 5.94.